The molecule has 1 atom stereocenters. The summed E-state index contributed by atoms with van der Waals surface area (Å²) in [4.78, 5) is 24.1. The average molecular weight is 401 g/mol. The third-order valence-electron chi connectivity index (χ3n) is 3.48. The van der Waals surface area contributed by atoms with E-state index in [2.05, 4.69) is 20.8 Å². The molecule has 2 N–H and O–H groups in total. The van der Waals surface area contributed by atoms with Gasteiger partial charge in [0.15, 0.2) is 5.17 Å². The molecule has 1 aliphatic rings. The van der Waals surface area contributed by atoms with Crippen molar-refractivity contribution in [3.63, 3.8) is 0 Å². The van der Waals surface area contributed by atoms with Crippen LogP contribution in [-0.4, -0.2) is 27.9 Å². The van der Waals surface area contributed by atoms with E-state index in [4.69, 9.17) is 23.2 Å². The van der Waals surface area contributed by atoms with E-state index in [-0.39, 0.29) is 24.2 Å². The molecule has 1 aromatic carbocycles. The Hall–Kier alpha value is -1.57. The molecule has 0 aliphatic carbocycles. The molecule has 6 nitrogen and oxygen atoms in total. The van der Waals surface area contributed by atoms with Gasteiger partial charge in [0.25, 0.3) is 0 Å². The summed E-state index contributed by atoms with van der Waals surface area (Å²) in [6.45, 7) is 5.89. The summed E-state index contributed by atoms with van der Waals surface area (Å²) in [6.07, 6.45) is -0.00869. The first-order valence-corrected chi connectivity index (χ1v) is 9.24. The van der Waals surface area contributed by atoms with E-state index >= 15 is 0 Å². The lowest BCUT2D eigenvalue weighted by atomic mass is 10.1. The van der Waals surface area contributed by atoms with Crippen LogP contribution in [0.2, 0.25) is 10.0 Å². The van der Waals surface area contributed by atoms with Gasteiger partial charge in [-0.05, 0) is 31.0 Å². The van der Waals surface area contributed by atoms with Crippen molar-refractivity contribution in [1.82, 2.24) is 5.32 Å². The molecule has 0 radical (unpaired) electrons. The zero-order valence-corrected chi connectivity index (χ0v) is 16.3. The molecule has 1 fully saturated rings. The average Bonchev–Trinajstić information content (AvgIpc) is 2.88. The van der Waals surface area contributed by atoms with Crippen molar-refractivity contribution in [2.75, 3.05) is 5.32 Å². The van der Waals surface area contributed by atoms with E-state index in [1.165, 1.54) is 11.8 Å². The van der Waals surface area contributed by atoms with Gasteiger partial charge in [0.05, 0.1) is 10.7 Å². The number of amides is 2. The third-order valence-corrected chi connectivity index (χ3v) is 5.12. The summed E-state index contributed by atoms with van der Waals surface area (Å²) in [5.41, 5.74) is 1.27. The lowest BCUT2D eigenvalue weighted by molar-refractivity contribution is -0.122. The molecule has 0 spiro atoms. The highest BCUT2D eigenvalue weighted by atomic mass is 35.5. The van der Waals surface area contributed by atoms with Crippen LogP contribution in [0.25, 0.3) is 0 Å². The smallest absolute Gasteiger partial charge is 0.240 e. The van der Waals surface area contributed by atoms with Crippen molar-refractivity contribution < 1.29 is 9.59 Å². The van der Waals surface area contributed by atoms with Crippen molar-refractivity contribution >= 4 is 63.3 Å². The maximum Gasteiger partial charge on any atom is 0.240 e. The summed E-state index contributed by atoms with van der Waals surface area (Å²) in [6, 6.07) is 4.78. The molecule has 0 bridgehead atoms. The van der Waals surface area contributed by atoms with E-state index in [1.54, 1.807) is 18.2 Å². The highest BCUT2D eigenvalue weighted by Crippen LogP contribution is 2.27. The molecule has 1 heterocycles. The van der Waals surface area contributed by atoms with Crippen molar-refractivity contribution in [2.45, 2.75) is 32.4 Å². The van der Waals surface area contributed by atoms with Crippen molar-refractivity contribution in [2.24, 2.45) is 16.1 Å². The van der Waals surface area contributed by atoms with Gasteiger partial charge < -0.3 is 10.6 Å². The van der Waals surface area contributed by atoms with Crippen LogP contribution >= 0.6 is 35.0 Å². The van der Waals surface area contributed by atoms with Gasteiger partial charge in [-0.3, -0.25) is 9.59 Å². The normalized spacial score (nSPS) is 19.4. The summed E-state index contributed by atoms with van der Waals surface area (Å²) in [5.74, 6) is -0.330. The maximum absolute atomic E-state index is 12.2. The molecule has 1 aromatic rings. The third kappa shape index (κ3) is 5.73. The lowest BCUT2D eigenvalue weighted by Gasteiger charge is -2.09. The number of amidine groups is 1. The second-order valence-corrected chi connectivity index (χ2v) is 7.81. The molecule has 9 heteroatoms. The predicted molar refractivity (Wildman–Crippen MR) is 105 cm³/mol. The number of nitrogens with one attached hydrogen (secondary N) is 2. The SMILES string of the molecule is C/C(=N/N=C1\NC(=O)[C@H](CC(=O)Nc2cc(Cl)ccc2Cl)S1)C(C)C. The van der Waals surface area contributed by atoms with Gasteiger partial charge in [-0.25, -0.2) is 0 Å². The van der Waals surface area contributed by atoms with Crippen LogP contribution in [0, 0.1) is 5.92 Å². The number of rotatable bonds is 5. The van der Waals surface area contributed by atoms with Gasteiger partial charge in [0.2, 0.25) is 11.8 Å². The Bertz CT molecular complexity index is 750. The second kappa shape index (κ2) is 8.69. The van der Waals surface area contributed by atoms with Crippen LogP contribution in [0.1, 0.15) is 27.2 Å². The predicted octanol–water partition coefficient (Wildman–Crippen LogP) is 3.94. The monoisotopic (exact) mass is 400 g/mol. The summed E-state index contributed by atoms with van der Waals surface area (Å²) >= 11 is 13.1. The first kappa shape index (κ1) is 19.8. The molecule has 2 amide bonds. The van der Waals surface area contributed by atoms with Crippen molar-refractivity contribution in [1.29, 1.82) is 0 Å². The summed E-state index contributed by atoms with van der Waals surface area (Å²) < 4.78 is 0. The van der Waals surface area contributed by atoms with E-state index in [0.29, 0.717) is 20.9 Å². The number of thioether (sulfide) groups is 1. The van der Waals surface area contributed by atoms with Crippen LogP contribution < -0.4 is 10.6 Å². The molecule has 0 aromatic heterocycles. The van der Waals surface area contributed by atoms with Gasteiger partial charge in [-0.2, -0.15) is 5.10 Å². The molecule has 25 heavy (non-hydrogen) atoms. The Labute approximate surface area is 160 Å². The largest absolute Gasteiger partial charge is 0.325 e. The minimum atomic E-state index is -0.564. The minimum Gasteiger partial charge on any atom is -0.325 e. The fourth-order valence-corrected chi connectivity index (χ4v) is 3.04. The molecule has 0 saturated carbocycles. The van der Waals surface area contributed by atoms with E-state index < -0.39 is 5.25 Å². The Kier molecular flexibility index (Phi) is 6.87. The van der Waals surface area contributed by atoms with E-state index in [9.17, 15) is 9.59 Å². The summed E-state index contributed by atoms with van der Waals surface area (Å²) in [5, 5.41) is 14.1. The molecular formula is C16H18Cl2N4O2S. The fraction of sp³-hybridized carbons (Fsp3) is 0.375. The van der Waals surface area contributed by atoms with Gasteiger partial charge in [0.1, 0.15) is 5.25 Å². The number of benzene rings is 1. The zero-order chi connectivity index (χ0) is 18.6. The van der Waals surface area contributed by atoms with Crippen molar-refractivity contribution in [3.8, 4) is 0 Å². The number of anilines is 1. The van der Waals surface area contributed by atoms with Gasteiger partial charge in [-0.1, -0.05) is 48.8 Å². The lowest BCUT2D eigenvalue weighted by Crippen LogP contribution is -2.28. The topological polar surface area (TPSA) is 82.9 Å². The molecule has 2 rings (SSSR count). The zero-order valence-electron chi connectivity index (χ0n) is 14.0. The van der Waals surface area contributed by atoms with Crippen LogP contribution in [0.3, 0.4) is 0 Å². The molecule has 1 saturated heterocycles. The number of hydrogen-bond donors (Lipinski definition) is 2. The van der Waals surface area contributed by atoms with Gasteiger partial charge >= 0.3 is 0 Å². The Balaban J connectivity index is 1.97. The Morgan fingerprint density at radius 3 is 2.80 bits per heavy atom. The number of nitrogens with zero attached hydrogens (tertiary/aromatic N) is 2. The number of carbonyl (C=O) groups excluding carboxylic acids is 2. The Morgan fingerprint density at radius 2 is 2.12 bits per heavy atom. The van der Waals surface area contributed by atoms with E-state index in [1.807, 2.05) is 20.8 Å². The first-order valence-electron chi connectivity index (χ1n) is 7.61. The van der Waals surface area contributed by atoms with Crippen LogP contribution in [0.5, 0.6) is 0 Å². The number of hydrogen-bond acceptors (Lipinski definition) is 5. The highest BCUT2D eigenvalue weighted by molar-refractivity contribution is 8.15. The van der Waals surface area contributed by atoms with Gasteiger partial charge in [-0.15, -0.1) is 5.10 Å². The molecule has 0 unspecified atom stereocenters. The van der Waals surface area contributed by atoms with Crippen LogP contribution in [-0.2, 0) is 9.59 Å². The molecular weight excluding hydrogens is 383 g/mol. The second-order valence-electron chi connectivity index (χ2n) is 5.77. The molecule has 1 aliphatic heterocycles. The fourth-order valence-electron chi connectivity index (χ4n) is 1.79. The highest BCUT2D eigenvalue weighted by Gasteiger charge is 2.32. The maximum atomic E-state index is 12.2. The summed E-state index contributed by atoms with van der Waals surface area (Å²) in [7, 11) is 0. The van der Waals surface area contributed by atoms with Crippen molar-refractivity contribution in [3.05, 3.63) is 28.2 Å². The molecule has 134 valence electrons. The Morgan fingerprint density at radius 1 is 1.40 bits per heavy atom. The number of carbonyl (C=O) groups is 2. The minimum absolute atomic E-state index is 0.00869. The van der Waals surface area contributed by atoms with Crippen LogP contribution in [0.15, 0.2) is 28.4 Å². The quantitative estimate of drug-likeness (QED) is 0.579. The van der Waals surface area contributed by atoms with Gasteiger partial charge in [0, 0.05) is 17.2 Å². The van der Waals surface area contributed by atoms with Crippen LogP contribution in [0.4, 0.5) is 5.69 Å². The number of halogens is 2. The van der Waals surface area contributed by atoms with E-state index in [0.717, 1.165) is 5.71 Å². The first-order chi connectivity index (χ1) is 11.8. The standard InChI is InChI=1S/C16H18Cl2N4O2S/c1-8(2)9(3)21-22-16-20-15(24)13(25-16)7-14(23)19-12-6-10(17)4-5-11(12)18/h4-6,8,13H,7H2,1-3H3,(H,19,23)(H,20,22,24)/b21-9-/t13-/m0/s1.